The summed E-state index contributed by atoms with van der Waals surface area (Å²) in [5.41, 5.74) is 1.27. The monoisotopic (exact) mass is 182 g/mol. The SMILES string of the molecule is CCCOCc1c[n+]([O-])c(C)cn1. The Morgan fingerprint density at radius 2 is 2.38 bits per heavy atom. The molecule has 72 valence electrons. The van der Waals surface area contributed by atoms with Gasteiger partial charge in [-0.25, -0.2) is 4.98 Å². The third-order valence-electron chi connectivity index (χ3n) is 1.63. The van der Waals surface area contributed by atoms with E-state index >= 15 is 0 Å². The molecule has 4 nitrogen and oxygen atoms in total. The summed E-state index contributed by atoms with van der Waals surface area (Å²) in [5, 5.41) is 11.1. The first-order valence-electron chi connectivity index (χ1n) is 4.36. The second-order valence-corrected chi connectivity index (χ2v) is 2.90. The molecule has 0 aliphatic carbocycles. The highest BCUT2D eigenvalue weighted by Crippen LogP contribution is 1.95. The van der Waals surface area contributed by atoms with Gasteiger partial charge in [0.15, 0.2) is 0 Å². The number of nitrogens with zero attached hydrogens (tertiary/aromatic N) is 2. The molecule has 0 N–H and O–H groups in total. The van der Waals surface area contributed by atoms with Gasteiger partial charge in [-0.3, -0.25) is 0 Å². The molecule has 0 saturated heterocycles. The van der Waals surface area contributed by atoms with E-state index in [1.807, 2.05) is 6.92 Å². The Kier molecular flexibility index (Phi) is 3.64. The van der Waals surface area contributed by atoms with Crippen LogP contribution in [-0.2, 0) is 11.3 Å². The molecule has 4 heteroatoms. The molecular weight excluding hydrogens is 168 g/mol. The fourth-order valence-electron chi connectivity index (χ4n) is 0.899. The van der Waals surface area contributed by atoms with Crippen LogP contribution >= 0.6 is 0 Å². The molecule has 0 aliphatic heterocycles. The van der Waals surface area contributed by atoms with Gasteiger partial charge in [0.05, 0.1) is 12.8 Å². The highest BCUT2D eigenvalue weighted by molar-refractivity contribution is 4.93. The van der Waals surface area contributed by atoms with Gasteiger partial charge in [-0.1, -0.05) is 6.92 Å². The van der Waals surface area contributed by atoms with Crippen molar-refractivity contribution in [3.63, 3.8) is 0 Å². The first-order chi connectivity index (χ1) is 6.24. The van der Waals surface area contributed by atoms with Crippen LogP contribution in [0.5, 0.6) is 0 Å². The lowest BCUT2D eigenvalue weighted by atomic mass is 10.4. The number of aryl methyl sites for hydroxylation is 1. The van der Waals surface area contributed by atoms with Crippen LogP contribution < -0.4 is 4.73 Å². The molecule has 1 heterocycles. The van der Waals surface area contributed by atoms with Crippen molar-refractivity contribution < 1.29 is 9.47 Å². The average Bonchev–Trinajstić information content (AvgIpc) is 2.12. The Labute approximate surface area is 77.8 Å². The van der Waals surface area contributed by atoms with Crippen LogP contribution in [0.2, 0.25) is 0 Å². The van der Waals surface area contributed by atoms with Crippen LogP contribution in [0.25, 0.3) is 0 Å². The largest absolute Gasteiger partial charge is 0.618 e. The second kappa shape index (κ2) is 4.77. The highest BCUT2D eigenvalue weighted by atomic mass is 16.5. The third kappa shape index (κ3) is 2.99. The summed E-state index contributed by atoms with van der Waals surface area (Å²) in [6.45, 7) is 4.87. The van der Waals surface area contributed by atoms with E-state index in [-0.39, 0.29) is 0 Å². The van der Waals surface area contributed by atoms with Gasteiger partial charge in [0.25, 0.3) is 0 Å². The lowest BCUT2D eigenvalue weighted by Crippen LogP contribution is -2.30. The number of ether oxygens (including phenoxy) is 1. The summed E-state index contributed by atoms with van der Waals surface area (Å²) >= 11 is 0. The molecule has 0 spiro atoms. The first-order valence-corrected chi connectivity index (χ1v) is 4.36. The molecule has 0 aliphatic rings. The Morgan fingerprint density at radius 1 is 1.62 bits per heavy atom. The molecule has 0 radical (unpaired) electrons. The van der Waals surface area contributed by atoms with E-state index < -0.39 is 0 Å². The molecule has 13 heavy (non-hydrogen) atoms. The molecule has 1 aromatic heterocycles. The number of hydrogen-bond donors (Lipinski definition) is 0. The van der Waals surface area contributed by atoms with E-state index in [1.165, 1.54) is 6.20 Å². The standard InChI is InChI=1S/C9H14N2O2/c1-3-4-13-7-9-6-11(12)8(2)5-10-9/h5-6H,3-4,7H2,1-2H3. The zero-order chi connectivity index (χ0) is 9.68. The molecule has 0 saturated carbocycles. The van der Waals surface area contributed by atoms with Gasteiger partial charge in [0, 0.05) is 13.5 Å². The lowest BCUT2D eigenvalue weighted by Gasteiger charge is -2.03. The molecule has 0 aromatic carbocycles. The Bertz CT molecular complexity index is 276. The normalized spacial score (nSPS) is 10.3. The highest BCUT2D eigenvalue weighted by Gasteiger charge is 2.02. The van der Waals surface area contributed by atoms with Crippen molar-refractivity contribution in [2.45, 2.75) is 26.9 Å². The quantitative estimate of drug-likeness (QED) is 0.395. The van der Waals surface area contributed by atoms with Gasteiger partial charge in [0.1, 0.15) is 5.69 Å². The van der Waals surface area contributed by atoms with Crippen molar-refractivity contribution in [3.8, 4) is 0 Å². The van der Waals surface area contributed by atoms with Crippen LogP contribution in [0, 0.1) is 12.1 Å². The third-order valence-corrected chi connectivity index (χ3v) is 1.63. The van der Waals surface area contributed by atoms with E-state index in [4.69, 9.17) is 4.74 Å². The van der Waals surface area contributed by atoms with Gasteiger partial charge in [-0.05, 0) is 6.42 Å². The fourth-order valence-corrected chi connectivity index (χ4v) is 0.899. The first kappa shape index (κ1) is 9.92. The summed E-state index contributed by atoms with van der Waals surface area (Å²) in [6.07, 6.45) is 3.98. The minimum atomic E-state index is 0.413. The van der Waals surface area contributed by atoms with Crippen molar-refractivity contribution in [3.05, 3.63) is 29.0 Å². The fraction of sp³-hybridized carbons (Fsp3) is 0.556. The minimum Gasteiger partial charge on any atom is -0.618 e. The Morgan fingerprint density at radius 3 is 3.00 bits per heavy atom. The van der Waals surface area contributed by atoms with E-state index in [0.717, 1.165) is 11.2 Å². The van der Waals surface area contributed by atoms with Gasteiger partial charge in [0.2, 0.25) is 11.9 Å². The molecule has 0 bridgehead atoms. The van der Waals surface area contributed by atoms with Gasteiger partial charge < -0.3 is 9.94 Å². The van der Waals surface area contributed by atoms with Crippen LogP contribution in [-0.4, -0.2) is 11.6 Å². The van der Waals surface area contributed by atoms with Crippen LogP contribution in [0.15, 0.2) is 12.4 Å². The number of rotatable bonds is 4. The van der Waals surface area contributed by atoms with Crippen molar-refractivity contribution in [2.24, 2.45) is 0 Å². The van der Waals surface area contributed by atoms with Crippen LogP contribution in [0.1, 0.15) is 24.7 Å². The predicted octanol–water partition coefficient (Wildman–Crippen LogP) is 0.950. The van der Waals surface area contributed by atoms with Gasteiger partial charge in [-0.15, -0.1) is 0 Å². The summed E-state index contributed by atoms with van der Waals surface area (Å²) in [4.78, 5) is 4.07. The zero-order valence-corrected chi connectivity index (χ0v) is 7.99. The van der Waals surface area contributed by atoms with Crippen LogP contribution in [0.4, 0.5) is 0 Å². The van der Waals surface area contributed by atoms with E-state index in [0.29, 0.717) is 24.6 Å². The topological polar surface area (TPSA) is 49.1 Å². The maximum atomic E-state index is 11.1. The van der Waals surface area contributed by atoms with Crippen molar-refractivity contribution >= 4 is 0 Å². The summed E-state index contributed by atoms with van der Waals surface area (Å²) in [5.74, 6) is 0. The van der Waals surface area contributed by atoms with E-state index in [1.54, 1.807) is 13.1 Å². The summed E-state index contributed by atoms with van der Waals surface area (Å²) < 4.78 is 6.05. The molecule has 1 rings (SSSR count). The second-order valence-electron chi connectivity index (χ2n) is 2.90. The zero-order valence-electron chi connectivity index (χ0n) is 7.99. The predicted molar refractivity (Wildman–Crippen MR) is 47.9 cm³/mol. The molecule has 1 aromatic rings. The van der Waals surface area contributed by atoms with Gasteiger partial charge in [-0.2, -0.15) is 4.73 Å². The Hall–Kier alpha value is -1.16. The smallest absolute Gasteiger partial charge is 0.207 e. The van der Waals surface area contributed by atoms with Gasteiger partial charge >= 0.3 is 0 Å². The summed E-state index contributed by atoms with van der Waals surface area (Å²) in [6, 6.07) is 0. The van der Waals surface area contributed by atoms with E-state index in [2.05, 4.69) is 4.98 Å². The number of aromatic nitrogens is 2. The lowest BCUT2D eigenvalue weighted by molar-refractivity contribution is -0.613. The summed E-state index contributed by atoms with van der Waals surface area (Å²) in [7, 11) is 0. The Balaban J connectivity index is 2.53. The van der Waals surface area contributed by atoms with Crippen molar-refractivity contribution in [1.82, 2.24) is 4.98 Å². The van der Waals surface area contributed by atoms with Crippen molar-refractivity contribution in [1.29, 1.82) is 0 Å². The minimum absolute atomic E-state index is 0.413. The maximum absolute atomic E-state index is 11.1. The van der Waals surface area contributed by atoms with Crippen LogP contribution in [0.3, 0.4) is 0 Å². The molecule has 0 fully saturated rings. The van der Waals surface area contributed by atoms with Crippen molar-refractivity contribution in [2.75, 3.05) is 6.61 Å². The number of hydrogen-bond acceptors (Lipinski definition) is 3. The maximum Gasteiger partial charge on any atom is 0.207 e. The molecule has 0 atom stereocenters. The van der Waals surface area contributed by atoms with E-state index in [9.17, 15) is 5.21 Å². The molecule has 0 unspecified atom stereocenters. The average molecular weight is 182 g/mol. The molecular formula is C9H14N2O2. The molecule has 0 amide bonds.